The third-order valence-corrected chi connectivity index (χ3v) is 6.01. The Balaban J connectivity index is 1.48. The molecule has 37 heavy (non-hydrogen) atoms. The van der Waals surface area contributed by atoms with Gasteiger partial charge in [0.1, 0.15) is 30.3 Å². The van der Waals surface area contributed by atoms with Gasteiger partial charge in [-0.2, -0.15) is 0 Å². The van der Waals surface area contributed by atoms with Crippen LogP contribution < -0.4 is 20.7 Å². The highest BCUT2D eigenvalue weighted by molar-refractivity contribution is 9.10. The highest BCUT2D eigenvalue weighted by Gasteiger charge is 2.16. The van der Waals surface area contributed by atoms with E-state index in [9.17, 15) is 14.0 Å². The van der Waals surface area contributed by atoms with Crippen molar-refractivity contribution in [2.24, 2.45) is 0 Å². The van der Waals surface area contributed by atoms with E-state index in [0.717, 1.165) is 19.2 Å². The van der Waals surface area contributed by atoms with Crippen molar-refractivity contribution in [1.29, 1.82) is 0 Å². The van der Waals surface area contributed by atoms with Gasteiger partial charge in [0.25, 0.3) is 0 Å². The third kappa shape index (κ3) is 7.21. The summed E-state index contributed by atoms with van der Waals surface area (Å²) in [5.74, 6) is -0.301. The molecule has 0 radical (unpaired) electrons. The van der Waals surface area contributed by atoms with E-state index < -0.39 is 11.7 Å². The minimum absolute atomic E-state index is 0.104. The number of hydrogen-bond donors (Lipinski definition) is 3. The number of nitrogens with one attached hydrogen (secondary N) is 3. The molecule has 1 saturated heterocycles. The summed E-state index contributed by atoms with van der Waals surface area (Å²) in [7, 11) is 0. The molecule has 0 spiro atoms. The van der Waals surface area contributed by atoms with Gasteiger partial charge in [0.15, 0.2) is 0 Å². The standard InChI is InChI=1S/C25H26BrFN6O4/c1-2-23(34)31-21-12-17-20(29-15-30-25(17)32-19-4-3-16(26)11-18(19)27)13-22(21)37-8-5-28-24(35)14-33-6-9-36-10-7-33/h2-4,11-13,15H,1,5-10,14H2,(H,28,35)(H,31,34)(H,29,30,32). The first-order valence-electron chi connectivity index (χ1n) is 11.6. The minimum Gasteiger partial charge on any atom is -0.489 e. The monoisotopic (exact) mass is 572 g/mol. The molecule has 2 heterocycles. The van der Waals surface area contributed by atoms with Gasteiger partial charge >= 0.3 is 0 Å². The molecule has 0 atom stereocenters. The number of morpholine rings is 1. The lowest BCUT2D eigenvalue weighted by Crippen LogP contribution is -2.43. The molecule has 10 nitrogen and oxygen atoms in total. The number of carbonyl (C=O) groups is 2. The predicted octanol–water partition coefficient (Wildman–Crippen LogP) is 3.23. The summed E-state index contributed by atoms with van der Waals surface area (Å²) in [4.78, 5) is 34.8. The Labute approximate surface area is 221 Å². The first kappa shape index (κ1) is 26.5. The van der Waals surface area contributed by atoms with E-state index in [1.165, 1.54) is 12.4 Å². The van der Waals surface area contributed by atoms with Crippen LogP contribution in [0, 0.1) is 5.82 Å². The molecule has 0 bridgehead atoms. The van der Waals surface area contributed by atoms with Gasteiger partial charge in [-0.15, -0.1) is 0 Å². The van der Waals surface area contributed by atoms with Gasteiger partial charge in [-0.25, -0.2) is 14.4 Å². The van der Waals surface area contributed by atoms with Gasteiger partial charge in [-0.05, 0) is 30.3 Å². The molecule has 0 unspecified atom stereocenters. The van der Waals surface area contributed by atoms with Gasteiger partial charge in [-0.1, -0.05) is 22.5 Å². The number of nitrogens with zero attached hydrogens (tertiary/aromatic N) is 3. The second-order valence-electron chi connectivity index (χ2n) is 8.12. The van der Waals surface area contributed by atoms with Crippen LogP contribution in [0.15, 0.2) is 53.8 Å². The van der Waals surface area contributed by atoms with Gasteiger partial charge < -0.3 is 25.4 Å². The fraction of sp³-hybridized carbons (Fsp3) is 0.280. The van der Waals surface area contributed by atoms with Crippen LogP contribution in [0.2, 0.25) is 0 Å². The predicted molar refractivity (Wildman–Crippen MR) is 142 cm³/mol. The highest BCUT2D eigenvalue weighted by atomic mass is 79.9. The van der Waals surface area contributed by atoms with E-state index >= 15 is 0 Å². The average Bonchev–Trinajstić information content (AvgIpc) is 2.89. The molecule has 1 fully saturated rings. The molecule has 3 N–H and O–H groups in total. The maximum Gasteiger partial charge on any atom is 0.247 e. The third-order valence-electron chi connectivity index (χ3n) is 5.52. The molecule has 4 rings (SSSR count). The van der Waals surface area contributed by atoms with Gasteiger partial charge in [0.05, 0.1) is 43.2 Å². The van der Waals surface area contributed by atoms with Crippen molar-refractivity contribution in [3.63, 3.8) is 0 Å². The van der Waals surface area contributed by atoms with E-state index in [1.54, 1.807) is 24.3 Å². The number of ether oxygens (including phenoxy) is 2. The van der Waals surface area contributed by atoms with E-state index in [2.05, 4.69) is 48.4 Å². The van der Waals surface area contributed by atoms with E-state index in [0.29, 0.717) is 52.4 Å². The van der Waals surface area contributed by atoms with E-state index in [4.69, 9.17) is 9.47 Å². The summed E-state index contributed by atoms with van der Waals surface area (Å²) in [6.45, 7) is 6.91. The maximum atomic E-state index is 14.4. The molecule has 12 heteroatoms. The van der Waals surface area contributed by atoms with Crippen LogP contribution in [0.4, 0.5) is 21.6 Å². The Kier molecular flexibility index (Phi) is 8.99. The van der Waals surface area contributed by atoms with Crippen molar-refractivity contribution in [3.05, 3.63) is 59.6 Å². The number of amides is 2. The van der Waals surface area contributed by atoms with E-state index in [-0.39, 0.29) is 24.7 Å². The molecular formula is C25H26BrFN6O4. The summed E-state index contributed by atoms with van der Waals surface area (Å²) in [5, 5.41) is 9.06. The number of hydrogen-bond acceptors (Lipinski definition) is 8. The summed E-state index contributed by atoms with van der Waals surface area (Å²) in [6, 6.07) is 7.92. The first-order valence-corrected chi connectivity index (χ1v) is 12.4. The van der Waals surface area contributed by atoms with Crippen LogP contribution in [0.25, 0.3) is 10.9 Å². The summed E-state index contributed by atoms with van der Waals surface area (Å²) >= 11 is 3.24. The second-order valence-corrected chi connectivity index (χ2v) is 9.03. The van der Waals surface area contributed by atoms with Gasteiger partial charge in [0, 0.05) is 29.0 Å². The molecule has 1 aromatic heterocycles. The Hall–Kier alpha value is -3.61. The molecule has 0 aliphatic carbocycles. The van der Waals surface area contributed by atoms with Gasteiger partial charge in [-0.3, -0.25) is 14.5 Å². The number of halogens is 2. The van der Waals surface area contributed by atoms with Crippen LogP contribution in [-0.2, 0) is 14.3 Å². The van der Waals surface area contributed by atoms with Crippen LogP contribution >= 0.6 is 15.9 Å². The number of anilines is 3. The number of fused-ring (bicyclic) bond motifs is 1. The fourth-order valence-electron chi connectivity index (χ4n) is 3.67. The topological polar surface area (TPSA) is 118 Å². The molecule has 2 amide bonds. The maximum absolute atomic E-state index is 14.4. The van der Waals surface area contributed by atoms with Crippen LogP contribution in [0.5, 0.6) is 5.75 Å². The smallest absolute Gasteiger partial charge is 0.247 e. The summed E-state index contributed by atoms with van der Waals surface area (Å²) in [6.07, 6.45) is 2.48. The van der Waals surface area contributed by atoms with E-state index in [1.807, 2.05) is 4.90 Å². The highest BCUT2D eigenvalue weighted by Crippen LogP contribution is 2.34. The number of carbonyl (C=O) groups excluding carboxylic acids is 2. The van der Waals surface area contributed by atoms with Crippen molar-refractivity contribution in [2.75, 3.05) is 56.6 Å². The Morgan fingerprint density at radius 1 is 1.19 bits per heavy atom. The lowest BCUT2D eigenvalue weighted by Gasteiger charge is -2.25. The van der Waals surface area contributed by atoms with Crippen molar-refractivity contribution in [1.82, 2.24) is 20.2 Å². The molecule has 0 saturated carbocycles. The lowest BCUT2D eigenvalue weighted by molar-refractivity contribution is -0.123. The Morgan fingerprint density at radius 2 is 2.00 bits per heavy atom. The average molecular weight is 573 g/mol. The quantitative estimate of drug-likeness (QED) is 0.250. The normalized spacial score (nSPS) is 13.7. The van der Waals surface area contributed by atoms with Gasteiger partial charge in [0.2, 0.25) is 11.8 Å². The summed E-state index contributed by atoms with van der Waals surface area (Å²) in [5.41, 5.74) is 1.09. The fourth-order valence-corrected chi connectivity index (χ4v) is 4.01. The molecule has 3 aromatic rings. The van der Waals surface area contributed by atoms with Crippen molar-refractivity contribution >= 4 is 55.8 Å². The number of benzene rings is 2. The Bertz CT molecular complexity index is 1300. The largest absolute Gasteiger partial charge is 0.489 e. The zero-order valence-corrected chi connectivity index (χ0v) is 21.5. The van der Waals surface area contributed by atoms with Crippen molar-refractivity contribution < 1.29 is 23.5 Å². The summed E-state index contributed by atoms with van der Waals surface area (Å²) < 4.78 is 26.2. The molecule has 2 aromatic carbocycles. The zero-order valence-electron chi connectivity index (χ0n) is 19.9. The molecule has 194 valence electrons. The van der Waals surface area contributed by atoms with Crippen LogP contribution in [0.3, 0.4) is 0 Å². The van der Waals surface area contributed by atoms with Crippen molar-refractivity contribution in [3.8, 4) is 5.75 Å². The Morgan fingerprint density at radius 3 is 2.76 bits per heavy atom. The zero-order chi connectivity index (χ0) is 26.2. The van der Waals surface area contributed by atoms with Crippen molar-refractivity contribution in [2.45, 2.75) is 0 Å². The minimum atomic E-state index is -0.461. The second kappa shape index (κ2) is 12.6. The first-order chi connectivity index (χ1) is 17.9. The molecule has 1 aliphatic rings. The van der Waals surface area contributed by atoms with Crippen LogP contribution in [0.1, 0.15) is 0 Å². The molecule has 1 aliphatic heterocycles. The molecular weight excluding hydrogens is 547 g/mol. The lowest BCUT2D eigenvalue weighted by atomic mass is 10.1. The van der Waals surface area contributed by atoms with Crippen LogP contribution in [-0.4, -0.2) is 72.7 Å². The number of rotatable bonds is 10. The number of aromatic nitrogens is 2. The SMILES string of the molecule is C=CC(=O)Nc1cc2c(Nc3ccc(Br)cc3F)ncnc2cc1OCCNC(=O)CN1CCOCC1.